The van der Waals surface area contributed by atoms with Crippen LogP contribution in [0, 0.1) is 0 Å². The number of hydrogen-bond donors (Lipinski definition) is 4. The van der Waals surface area contributed by atoms with E-state index in [0.717, 1.165) is 46.6 Å². The first kappa shape index (κ1) is 18.3. The van der Waals surface area contributed by atoms with Crippen LogP contribution in [0.3, 0.4) is 0 Å². The lowest BCUT2D eigenvalue weighted by Gasteiger charge is -2.16. The number of nitrogens with two attached hydrogens (primary N) is 2. The van der Waals surface area contributed by atoms with Gasteiger partial charge in [0, 0.05) is 16.6 Å². The third-order valence-electron chi connectivity index (χ3n) is 6.28. The van der Waals surface area contributed by atoms with Crippen LogP contribution in [-0.2, 0) is 19.4 Å². The molecule has 1 aliphatic rings. The molecule has 1 atom stereocenters. The number of aromatic nitrogens is 4. The molecular formula is C25H24N6. The van der Waals surface area contributed by atoms with Crippen molar-refractivity contribution in [2.24, 2.45) is 11.5 Å². The van der Waals surface area contributed by atoms with Crippen molar-refractivity contribution in [1.82, 2.24) is 19.9 Å². The molecule has 0 saturated carbocycles. The van der Waals surface area contributed by atoms with Gasteiger partial charge in [-0.1, -0.05) is 36.4 Å². The topological polar surface area (TPSA) is 109 Å². The van der Waals surface area contributed by atoms with Crippen LogP contribution in [0.25, 0.3) is 44.2 Å². The van der Waals surface area contributed by atoms with Gasteiger partial charge in [0.05, 0.1) is 29.3 Å². The van der Waals surface area contributed by atoms with E-state index < -0.39 is 0 Å². The summed E-state index contributed by atoms with van der Waals surface area (Å²) in [7, 11) is 0. The number of nitrogens with one attached hydrogen (secondary N) is 2. The van der Waals surface area contributed by atoms with Gasteiger partial charge in [-0.05, 0) is 54.0 Å². The molecule has 2 aromatic heterocycles. The Hall–Kier alpha value is -3.48. The van der Waals surface area contributed by atoms with Crippen molar-refractivity contribution in [3.63, 3.8) is 0 Å². The van der Waals surface area contributed by atoms with Crippen molar-refractivity contribution in [2.75, 3.05) is 0 Å². The maximum absolute atomic E-state index is 6.01. The van der Waals surface area contributed by atoms with Gasteiger partial charge in [-0.25, -0.2) is 9.97 Å². The Balaban J connectivity index is 1.43. The number of aryl methyl sites for hydroxylation is 2. The van der Waals surface area contributed by atoms with Crippen LogP contribution in [0.5, 0.6) is 0 Å². The van der Waals surface area contributed by atoms with Crippen molar-refractivity contribution in [3.8, 4) is 22.4 Å². The zero-order valence-corrected chi connectivity index (χ0v) is 17.4. The number of H-pyrrole nitrogens is 2. The van der Waals surface area contributed by atoms with Crippen molar-refractivity contribution >= 4 is 21.8 Å². The zero-order valence-electron chi connectivity index (χ0n) is 17.4. The quantitative estimate of drug-likeness (QED) is 0.356. The van der Waals surface area contributed by atoms with E-state index in [4.69, 9.17) is 21.4 Å². The Labute approximate surface area is 179 Å². The van der Waals surface area contributed by atoms with Gasteiger partial charge >= 0.3 is 0 Å². The van der Waals surface area contributed by atoms with Crippen LogP contribution in [-0.4, -0.2) is 19.9 Å². The molecule has 0 fully saturated rings. The molecule has 0 radical (unpaired) electrons. The molecule has 0 spiro atoms. The monoisotopic (exact) mass is 408 g/mol. The molecule has 2 heterocycles. The molecule has 6 rings (SSSR count). The Bertz CT molecular complexity index is 1460. The number of aromatic amines is 2. The number of hydrogen-bond acceptors (Lipinski definition) is 4. The van der Waals surface area contributed by atoms with Crippen LogP contribution in [0.15, 0.2) is 48.5 Å². The highest BCUT2D eigenvalue weighted by Crippen LogP contribution is 2.36. The average molecular weight is 409 g/mol. The van der Waals surface area contributed by atoms with Crippen molar-refractivity contribution < 1.29 is 0 Å². The Morgan fingerprint density at radius 3 is 2.65 bits per heavy atom. The molecular weight excluding hydrogens is 384 g/mol. The van der Waals surface area contributed by atoms with Crippen LogP contribution < -0.4 is 11.5 Å². The first-order valence-corrected chi connectivity index (χ1v) is 10.7. The van der Waals surface area contributed by atoms with E-state index >= 15 is 0 Å². The van der Waals surface area contributed by atoms with E-state index in [1.54, 1.807) is 0 Å². The van der Waals surface area contributed by atoms with Gasteiger partial charge < -0.3 is 21.4 Å². The van der Waals surface area contributed by atoms with Crippen molar-refractivity contribution in [2.45, 2.75) is 32.4 Å². The van der Waals surface area contributed by atoms with Crippen LogP contribution >= 0.6 is 0 Å². The summed E-state index contributed by atoms with van der Waals surface area (Å²) in [6.07, 6.45) is 1.97. The Morgan fingerprint density at radius 1 is 0.968 bits per heavy atom. The fourth-order valence-electron chi connectivity index (χ4n) is 4.65. The third kappa shape index (κ3) is 2.87. The highest BCUT2D eigenvalue weighted by Gasteiger charge is 2.20. The summed E-state index contributed by atoms with van der Waals surface area (Å²) in [4.78, 5) is 16.1. The van der Waals surface area contributed by atoms with Crippen LogP contribution in [0.1, 0.15) is 35.9 Å². The summed E-state index contributed by atoms with van der Waals surface area (Å²) in [5.74, 6) is 1.67. The second kappa shape index (κ2) is 6.77. The predicted octanol–water partition coefficient (Wildman–Crippen LogP) is 4.35. The molecule has 0 bridgehead atoms. The fourth-order valence-corrected chi connectivity index (χ4v) is 4.65. The molecule has 0 aliphatic heterocycles. The highest BCUT2D eigenvalue weighted by atomic mass is 15.0. The summed E-state index contributed by atoms with van der Waals surface area (Å²) in [6.45, 7) is 2.38. The molecule has 3 aromatic carbocycles. The van der Waals surface area contributed by atoms with Gasteiger partial charge in [-0.15, -0.1) is 0 Å². The summed E-state index contributed by atoms with van der Waals surface area (Å²) < 4.78 is 0. The maximum atomic E-state index is 6.01. The first-order chi connectivity index (χ1) is 15.1. The minimum absolute atomic E-state index is 0.117. The third-order valence-corrected chi connectivity index (χ3v) is 6.28. The lowest BCUT2D eigenvalue weighted by molar-refractivity contribution is 0.760. The lowest BCUT2D eigenvalue weighted by Crippen LogP contribution is -2.06. The SMILES string of the molecule is CC(N)c1nc2c(ccc3cc(-c4ccc5c(c4)CCc4[nH]c(CN)nc4-5)ccc32)[nH]1. The second-order valence-corrected chi connectivity index (χ2v) is 8.40. The molecule has 0 saturated heterocycles. The molecule has 6 nitrogen and oxygen atoms in total. The normalized spacial score (nSPS) is 14.0. The number of imidazole rings is 2. The van der Waals surface area contributed by atoms with Crippen molar-refractivity contribution in [1.29, 1.82) is 0 Å². The van der Waals surface area contributed by atoms with E-state index in [1.807, 2.05) is 6.92 Å². The Morgan fingerprint density at radius 2 is 1.81 bits per heavy atom. The molecule has 0 amide bonds. The largest absolute Gasteiger partial charge is 0.344 e. The first-order valence-electron chi connectivity index (χ1n) is 10.7. The average Bonchev–Trinajstić information content (AvgIpc) is 3.42. The van der Waals surface area contributed by atoms with Gasteiger partial charge in [0.2, 0.25) is 0 Å². The summed E-state index contributed by atoms with van der Waals surface area (Å²) >= 11 is 0. The smallest absolute Gasteiger partial charge is 0.123 e. The number of fused-ring (bicyclic) bond motifs is 6. The maximum Gasteiger partial charge on any atom is 0.123 e. The standard InChI is InChI=1S/C25H24N6/c1-13(27)25-29-21-9-5-17-11-15(3-7-19(17)24(21)31-25)14-2-6-18-16(10-14)4-8-20-23(18)30-22(12-26)28-20/h2-3,5-7,9-11,13H,4,8,12,26-27H2,1H3,(H,28,30)(H,29,31). The van der Waals surface area contributed by atoms with E-state index in [9.17, 15) is 0 Å². The van der Waals surface area contributed by atoms with Gasteiger partial charge in [-0.3, -0.25) is 0 Å². The van der Waals surface area contributed by atoms with E-state index in [0.29, 0.717) is 6.54 Å². The molecule has 6 heteroatoms. The predicted molar refractivity (Wildman–Crippen MR) is 125 cm³/mol. The van der Waals surface area contributed by atoms with E-state index in [1.165, 1.54) is 33.3 Å². The van der Waals surface area contributed by atoms with Gasteiger partial charge in [0.1, 0.15) is 11.6 Å². The van der Waals surface area contributed by atoms with Crippen LogP contribution in [0.4, 0.5) is 0 Å². The van der Waals surface area contributed by atoms with E-state index in [-0.39, 0.29) is 6.04 Å². The molecule has 31 heavy (non-hydrogen) atoms. The van der Waals surface area contributed by atoms with E-state index in [2.05, 4.69) is 58.5 Å². The fraction of sp³-hybridized carbons (Fsp3) is 0.200. The summed E-state index contributed by atoms with van der Waals surface area (Å²) in [6, 6.07) is 17.4. The van der Waals surface area contributed by atoms with Gasteiger partial charge in [0.15, 0.2) is 0 Å². The summed E-state index contributed by atoms with van der Waals surface area (Å²) in [5.41, 5.74) is 21.0. The molecule has 1 unspecified atom stereocenters. The highest BCUT2D eigenvalue weighted by molar-refractivity contribution is 6.05. The summed E-state index contributed by atoms with van der Waals surface area (Å²) in [5, 5.41) is 2.31. The minimum atomic E-state index is -0.117. The molecule has 6 N–H and O–H groups in total. The van der Waals surface area contributed by atoms with Gasteiger partial charge in [0.25, 0.3) is 0 Å². The zero-order chi connectivity index (χ0) is 21.1. The van der Waals surface area contributed by atoms with Gasteiger partial charge in [-0.2, -0.15) is 0 Å². The lowest BCUT2D eigenvalue weighted by atomic mass is 9.89. The molecule has 5 aromatic rings. The number of nitrogens with zero attached hydrogens (tertiary/aromatic N) is 2. The molecule has 1 aliphatic carbocycles. The Kier molecular flexibility index (Phi) is 4.00. The molecule has 154 valence electrons. The minimum Gasteiger partial charge on any atom is -0.344 e. The number of rotatable bonds is 3. The number of benzene rings is 3. The second-order valence-electron chi connectivity index (χ2n) is 8.40. The van der Waals surface area contributed by atoms with Crippen LogP contribution in [0.2, 0.25) is 0 Å². The van der Waals surface area contributed by atoms with Crippen molar-refractivity contribution in [3.05, 3.63) is 71.4 Å².